The number of aryl methyl sites for hydroxylation is 1. The molecule has 1 saturated carbocycles. The van der Waals surface area contributed by atoms with Crippen LogP contribution in [0.1, 0.15) is 24.8 Å². The van der Waals surface area contributed by atoms with E-state index in [0.29, 0.717) is 25.7 Å². The summed E-state index contributed by atoms with van der Waals surface area (Å²) in [6, 6.07) is 9.81. The van der Waals surface area contributed by atoms with Gasteiger partial charge in [0.05, 0.1) is 17.8 Å². The third kappa shape index (κ3) is 3.77. The molecule has 2 N–H and O–H groups in total. The molecule has 3 rings (SSSR count). The Labute approximate surface area is 134 Å². The minimum Gasteiger partial charge on any atom is -0.481 e. The number of carbonyl (C=O) groups is 2. The number of hydrogen-bond acceptors (Lipinski definition) is 3. The van der Waals surface area contributed by atoms with Crippen molar-refractivity contribution in [1.82, 2.24) is 15.1 Å². The van der Waals surface area contributed by atoms with Crippen LogP contribution >= 0.6 is 0 Å². The molecule has 1 heterocycles. The quantitative estimate of drug-likeness (QED) is 0.851. The number of hydrogen-bond donors (Lipinski definition) is 2. The monoisotopic (exact) mass is 313 g/mol. The van der Waals surface area contributed by atoms with Crippen molar-refractivity contribution in [1.29, 1.82) is 0 Å². The molecular formula is C17H19N3O3. The molecule has 1 aliphatic carbocycles. The van der Waals surface area contributed by atoms with Crippen molar-refractivity contribution in [2.45, 2.75) is 31.7 Å². The summed E-state index contributed by atoms with van der Waals surface area (Å²) in [6.07, 6.45) is 5.76. The summed E-state index contributed by atoms with van der Waals surface area (Å²) in [5, 5.41) is 16.0. The van der Waals surface area contributed by atoms with Gasteiger partial charge in [-0.1, -0.05) is 18.2 Å². The molecule has 120 valence electrons. The lowest BCUT2D eigenvalue weighted by Crippen LogP contribution is -2.46. The van der Waals surface area contributed by atoms with Crippen LogP contribution in [0.25, 0.3) is 5.69 Å². The van der Waals surface area contributed by atoms with Gasteiger partial charge >= 0.3 is 5.97 Å². The van der Waals surface area contributed by atoms with E-state index in [9.17, 15) is 9.59 Å². The molecule has 1 aromatic carbocycles. The van der Waals surface area contributed by atoms with E-state index in [1.54, 1.807) is 10.9 Å². The van der Waals surface area contributed by atoms with Crippen LogP contribution in [0, 0.1) is 5.92 Å². The number of nitrogens with one attached hydrogen (secondary N) is 1. The van der Waals surface area contributed by atoms with Crippen molar-refractivity contribution in [3.05, 3.63) is 48.3 Å². The topological polar surface area (TPSA) is 84.2 Å². The molecule has 0 aliphatic heterocycles. The van der Waals surface area contributed by atoms with E-state index in [4.69, 9.17) is 5.11 Å². The average molecular weight is 313 g/mol. The minimum atomic E-state index is -0.774. The van der Waals surface area contributed by atoms with Gasteiger partial charge in [-0.2, -0.15) is 5.10 Å². The van der Waals surface area contributed by atoms with Crippen molar-refractivity contribution in [2.24, 2.45) is 5.92 Å². The van der Waals surface area contributed by atoms with Gasteiger partial charge in [-0.15, -0.1) is 0 Å². The van der Waals surface area contributed by atoms with Gasteiger partial charge in [0, 0.05) is 18.7 Å². The second-order valence-corrected chi connectivity index (χ2v) is 5.90. The Balaban J connectivity index is 1.45. The maximum absolute atomic E-state index is 11.9. The molecule has 1 fully saturated rings. The maximum Gasteiger partial charge on any atom is 0.306 e. The third-order valence-electron chi connectivity index (χ3n) is 4.15. The zero-order valence-corrected chi connectivity index (χ0v) is 12.7. The van der Waals surface area contributed by atoms with Crippen molar-refractivity contribution in [3.63, 3.8) is 0 Å². The Hall–Kier alpha value is -2.63. The lowest BCUT2D eigenvalue weighted by molar-refractivity contribution is -0.146. The lowest BCUT2D eigenvalue weighted by atomic mass is 9.80. The highest BCUT2D eigenvalue weighted by atomic mass is 16.4. The number of aliphatic carboxylic acids is 1. The lowest BCUT2D eigenvalue weighted by Gasteiger charge is -2.32. The van der Waals surface area contributed by atoms with Crippen LogP contribution in [0.3, 0.4) is 0 Å². The average Bonchev–Trinajstić information content (AvgIpc) is 2.98. The maximum atomic E-state index is 11.9. The van der Waals surface area contributed by atoms with E-state index in [2.05, 4.69) is 10.4 Å². The Morgan fingerprint density at radius 2 is 2.00 bits per heavy atom. The minimum absolute atomic E-state index is 0.00985. The van der Waals surface area contributed by atoms with Gasteiger partial charge in [-0.05, 0) is 37.0 Å². The molecule has 0 radical (unpaired) electrons. The second-order valence-electron chi connectivity index (χ2n) is 5.90. The number of rotatable bonds is 6. The van der Waals surface area contributed by atoms with Gasteiger partial charge in [0.2, 0.25) is 5.91 Å². The smallest absolute Gasteiger partial charge is 0.306 e. The van der Waals surface area contributed by atoms with Gasteiger partial charge in [0.25, 0.3) is 0 Å². The van der Waals surface area contributed by atoms with E-state index in [1.165, 1.54) is 0 Å². The van der Waals surface area contributed by atoms with Gasteiger partial charge < -0.3 is 10.4 Å². The molecule has 6 nitrogen and oxygen atoms in total. The molecule has 0 bridgehead atoms. The molecule has 2 aromatic rings. The highest BCUT2D eigenvalue weighted by Gasteiger charge is 2.35. The van der Waals surface area contributed by atoms with E-state index in [-0.39, 0.29) is 17.9 Å². The molecule has 1 aromatic heterocycles. The molecule has 23 heavy (non-hydrogen) atoms. The number of para-hydroxylation sites is 1. The number of carboxylic acids is 1. The van der Waals surface area contributed by atoms with Gasteiger partial charge in [-0.25, -0.2) is 4.68 Å². The van der Waals surface area contributed by atoms with Gasteiger partial charge in [-0.3, -0.25) is 9.59 Å². The van der Waals surface area contributed by atoms with Crippen molar-refractivity contribution >= 4 is 11.9 Å². The van der Waals surface area contributed by atoms with E-state index >= 15 is 0 Å². The predicted molar refractivity (Wildman–Crippen MR) is 84.2 cm³/mol. The van der Waals surface area contributed by atoms with Gasteiger partial charge in [0.15, 0.2) is 0 Å². The normalized spacial score (nSPS) is 19.8. The number of carbonyl (C=O) groups excluding carboxylic acids is 1. The number of aromatic nitrogens is 2. The summed E-state index contributed by atoms with van der Waals surface area (Å²) in [5.41, 5.74) is 1.98. The highest BCUT2D eigenvalue weighted by molar-refractivity contribution is 5.77. The Morgan fingerprint density at radius 3 is 2.70 bits per heavy atom. The predicted octanol–water partition coefficient (Wildman–Crippen LogP) is 1.78. The van der Waals surface area contributed by atoms with Gasteiger partial charge in [0.1, 0.15) is 0 Å². The molecule has 1 amide bonds. The molecule has 0 saturated heterocycles. The van der Waals surface area contributed by atoms with Crippen LogP contribution in [0.4, 0.5) is 0 Å². The Bertz CT molecular complexity index is 690. The van der Waals surface area contributed by atoms with Crippen LogP contribution in [0.2, 0.25) is 0 Å². The standard InChI is InChI=1S/C17H19N3O3/c21-16(19-14-8-13(9-14)17(22)23)7-6-12-10-18-20(11-12)15-4-2-1-3-5-15/h1-5,10-11,13-14H,6-9H2,(H,19,21)(H,22,23). The fourth-order valence-electron chi connectivity index (χ4n) is 2.71. The first-order valence-corrected chi connectivity index (χ1v) is 7.73. The summed E-state index contributed by atoms with van der Waals surface area (Å²) in [4.78, 5) is 22.6. The number of benzene rings is 1. The Kier molecular flexibility index (Phi) is 4.41. The largest absolute Gasteiger partial charge is 0.481 e. The van der Waals surface area contributed by atoms with Crippen molar-refractivity contribution < 1.29 is 14.7 Å². The second kappa shape index (κ2) is 6.64. The van der Waals surface area contributed by atoms with Crippen LogP contribution in [-0.4, -0.2) is 32.8 Å². The molecule has 1 aliphatic rings. The molecular weight excluding hydrogens is 294 g/mol. The van der Waals surface area contributed by atoms with E-state index in [1.807, 2.05) is 36.5 Å². The number of carboxylic acid groups (broad SMARTS) is 1. The first-order valence-electron chi connectivity index (χ1n) is 7.73. The molecule has 0 unspecified atom stereocenters. The van der Waals surface area contributed by atoms with Crippen LogP contribution in [-0.2, 0) is 16.0 Å². The van der Waals surface area contributed by atoms with Crippen molar-refractivity contribution in [2.75, 3.05) is 0 Å². The highest BCUT2D eigenvalue weighted by Crippen LogP contribution is 2.27. The van der Waals surface area contributed by atoms with Crippen molar-refractivity contribution in [3.8, 4) is 5.69 Å². The van der Waals surface area contributed by atoms with E-state index < -0.39 is 5.97 Å². The third-order valence-corrected chi connectivity index (χ3v) is 4.15. The summed E-state index contributed by atoms with van der Waals surface area (Å²) in [5.74, 6) is -1.11. The fourth-order valence-corrected chi connectivity index (χ4v) is 2.71. The molecule has 6 heteroatoms. The van der Waals surface area contributed by atoms with Crippen LogP contribution < -0.4 is 5.32 Å². The summed E-state index contributed by atoms with van der Waals surface area (Å²) in [6.45, 7) is 0. The zero-order valence-electron chi connectivity index (χ0n) is 12.7. The van der Waals surface area contributed by atoms with Crippen LogP contribution in [0.5, 0.6) is 0 Å². The fraction of sp³-hybridized carbons (Fsp3) is 0.353. The first kappa shape index (κ1) is 15.3. The van der Waals surface area contributed by atoms with Crippen LogP contribution in [0.15, 0.2) is 42.7 Å². The Morgan fingerprint density at radius 1 is 1.26 bits per heavy atom. The zero-order chi connectivity index (χ0) is 16.2. The summed E-state index contributed by atoms with van der Waals surface area (Å²) >= 11 is 0. The first-order chi connectivity index (χ1) is 11.1. The summed E-state index contributed by atoms with van der Waals surface area (Å²) in [7, 11) is 0. The van der Waals surface area contributed by atoms with E-state index in [0.717, 1.165) is 11.3 Å². The molecule has 0 atom stereocenters. The SMILES string of the molecule is O=C(CCc1cnn(-c2ccccc2)c1)NC1CC(C(=O)O)C1. The molecule has 0 spiro atoms. The number of nitrogens with zero attached hydrogens (tertiary/aromatic N) is 2. The summed E-state index contributed by atoms with van der Waals surface area (Å²) < 4.78 is 1.79. The number of amides is 1.